The standard InChI is InChI=1S/C14H13N4/c1-10(11-5-3-2-4-6-11)18-14-12-7-8-15-13(12)16-9-17-14/h2-7,9-10H,1H3,(H2,15,16,17,18)/t10-/m1/s1. The third-order valence-corrected chi connectivity index (χ3v) is 2.94. The first-order chi connectivity index (χ1) is 8.84. The van der Waals surface area contributed by atoms with Gasteiger partial charge >= 0.3 is 0 Å². The minimum absolute atomic E-state index is 0.194. The maximum absolute atomic E-state index is 4.28. The van der Waals surface area contributed by atoms with Gasteiger partial charge in [-0.3, -0.25) is 0 Å². The van der Waals surface area contributed by atoms with Gasteiger partial charge in [-0.25, -0.2) is 9.97 Å². The van der Waals surface area contributed by atoms with Crippen LogP contribution in [0.4, 0.5) is 5.82 Å². The second-order valence-corrected chi connectivity index (χ2v) is 4.17. The van der Waals surface area contributed by atoms with Crippen LogP contribution in [-0.2, 0) is 0 Å². The van der Waals surface area contributed by atoms with Gasteiger partial charge in [0.1, 0.15) is 17.8 Å². The molecule has 4 nitrogen and oxygen atoms in total. The lowest BCUT2D eigenvalue weighted by Gasteiger charge is -2.15. The average molecular weight is 237 g/mol. The third-order valence-electron chi connectivity index (χ3n) is 2.94. The molecule has 0 saturated carbocycles. The highest BCUT2D eigenvalue weighted by molar-refractivity contribution is 5.86. The maximum atomic E-state index is 4.28. The summed E-state index contributed by atoms with van der Waals surface area (Å²) in [6.45, 7) is 2.11. The molecule has 1 atom stereocenters. The normalized spacial score (nSPS) is 12.5. The zero-order valence-electron chi connectivity index (χ0n) is 10.0. The number of hydrogen-bond acceptors (Lipinski definition) is 3. The van der Waals surface area contributed by atoms with Crippen molar-refractivity contribution in [2.75, 3.05) is 5.32 Å². The molecular formula is C14H13N4. The minimum Gasteiger partial charge on any atom is -0.363 e. The van der Waals surface area contributed by atoms with Gasteiger partial charge in [0.25, 0.3) is 0 Å². The molecule has 2 N–H and O–H groups in total. The Morgan fingerprint density at radius 1 is 1.22 bits per heavy atom. The lowest BCUT2D eigenvalue weighted by Crippen LogP contribution is -2.08. The van der Waals surface area contributed by atoms with Crippen LogP contribution >= 0.6 is 0 Å². The molecule has 1 radical (unpaired) electrons. The Hall–Kier alpha value is -2.36. The Balaban J connectivity index is 1.91. The van der Waals surface area contributed by atoms with Crippen LogP contribution in [0.25, 0.3) is 11.0 Å². The molecule has 0 aliphatic rings. The predicted molar refractivity (Wildman–Crippen MR) is 71.2 cm³/mol. The van der Waals surface area contributed by atoms with Crippen molar-refractivity contribution in [3.05, 3.63) is 54.5 Å². The third kappa shape index (κ3) is 1.93. The Morgan fingerprint density at radius 3 is 2.89 bits per heavy atom. The molecule has 2 heterocycles. The van der Waals surface area contributed by atoms with Crippen LogP contribution in [0, 0.1) is 6.20 Å². The molecule has 0 bridgehead atoms. The molecule has 0 aliphatic heterocycles. The fraction of sp³-hybridized carbons (Fsp3) is 0.143. The van der Waals surface area contributed by atoms with E-state index in [9.17, 15) is 0 Å². The highest BCUT2D eigenvalue weighted by Gasteiger charge is 2.09. The quantitative estimate of drug-likeness (QED) is 0.736. The summed E-state index contributed by atoms with van der Waals surface area (Å²) in [5, 5.41) is 4.35. The number of rotatable bonds is 3. The van der Waals surface area contributed by atoms with Crippen LogP contribution in [0.1, 0.15) is 18.5 Å². The van der Waals surface area contributed by atoms with E-state index in [0.717, 1.165) is 16.9 Å². The van der Waals surface area contributed by atoms with Crippen molar-refractivity contribution in [1.82, 2.24) is 15.0 Å². The number of aromatic nitrogens is 3. The molecule has 0 spiro atoms. The Bertz CT molecular complexity index is 645. The smallest absolute Gasteiger partial charge is 0.143 e. The first-order valence-corrected chi connectivity index (χ1v) is 5.86. The number of fused-ring (bicyclic) bond motifs is 1. The van der Waals surface area contributed by atoms with E-state index in [0.29, 0.717) is 0 Å². The Labute approximate surface area is 105 Å². The van der Waals surface area contributed by atoms with Crippen molar-refractivity contribution in [3.63, 3.8) is 0 Å². The first-order valence-electron chi connectivity index (χ1n) is 5.86. The largest absolute Gasteiger partial charge is 0.363 e. The fourth-order valence-corrected chi connectivity index (χ4v) is 1.95. The molecule has 0 unspecified atom stereocenters. The Kier molecular flexibility index (Phi) is 2.68. The Morgan fingerprint density at radius 2 is 2.06 bits per heavy atom. The van der Waals surface area contributed by atoms with Crippen molar-refractivity contribution in [3.8, 4) is 0 Å². The van der Waals surface area contributed by atoms with E-state index < -0.39 is 0 Å². The van der Waals surface area contributed by atoms with Gasteiger partial charge in [-0.1, -0.05) is 30.3 Å². The first kappa shape index (κ1) is 10.8. The molecule has 4 heteroatoms. The lowest BCUT2D eigenvalue weighted by atomic mass is 10.1. The summed E-state index contributed by atoms with van der Waals surface area (Å²) in [4.78, 5) is 11.4. The average Bonchev–Trinajstić information content (AvgIpc) is 2.89. The van der Waals surface area contributed by atoms with Crippen molar-refractivity contribution in [1.29, 1.82) is 0 Å². The van der Waals surface area contributed by atoms with Crippen LogP contribution in [0.2, 0.25) is 0 Å². The van der Waals surface area contributed by atoms with Gasteiger partial charge in [0.05, 0.1) is 11.6 Å². The summed E-state index contributed by atoms with van der Waals surface area (Å²) in [7, 11) is 0. The second-order valence-electron chi connectivity index (χ2n) is 4.17. The number of anilines is 1. The summed E-state index contributed by atoms with van der Waals surface area (Å²) in [5.41, 5.74) is 2.02. The SMILES string of the molecule is C[C@@H](Nc1ncnc2[nH][c]cc12)c1ccccc1. The van der Waals surface area contributed by atoms with E-state index in [1.165, 1.54) is 5.56 Å². The van der Waals surface area contributed by atoms with E-state index in [2.05, 4.69) is 45.5 Å². The van der Waals surface area contributed by atoms with E-state index in [1.807, 2.05) is 24.3 Å². The summed E-state index contributed by atoms with van der Waals surface area (Å²) < 4.78 is 0. The number of benzene rings is 1. The van der Waals surface area contributed by atoms with Gasteiger partial charge in [0.2, 0.25) is 0 Å². The number of aromatic amines is 1. The molecular weight excluding hydrogens is 224 g/mol. The number of H-pyrrole nitrogens is 1. The van der Waals surface area contributed by atoms with E-state index in [-0.39, 0.29) is 6.04 Å². The van der Waals surface area contributed by atoms with Crippen LogP contribution < -0.4 is 5.32 Å². The number of nitrogens with zero attached hydrogens (tertiary/aromatic N) is 2. The summed E-state index contributed by atoms with van der Waals surface area (Å²) >= 11 is 0. The molecule has 2 aromatic heterocycles. The van der Waals surface area contributed by atoms with Gasteiger partial charge in [-0.2, -0.15) is 0 Å². The van der Waals surface area contributed by atoms with Crippen LogP contribution in [-0.4, -0.2) is 15.0 Å². The van der Waals surface area contributed by atoms with Crippen molar-refractivity contribution in [2.24, 2.45) is 0 Å². The molecule has 18 heavy (non-hydrogen) atoms. The maximum Gasteiger partial charge on any atom is 0.143 e. The van der Waals surface area contributed by atoms with E-state index >= 15 is 0 Å². The van der Waals surface area contributed by atoms with Gasteiger partial charge in [0.15, 0.2) is 0 Å². The lowest BCUT2D eigenvalue weighted by molar-refractivity contribution is 0.876. The summed E-state index contributed by atoms with van der Waals surface area (Å²) in [6.07, 6.45) is 4.47. The fourth-order valence-electron chi connectivity index (χ4n) is 1.95. The molecule has 0 amide bonds. The molecule has 0 fully saturated rings. The number of hydrogen-bond donors (Lipinski definition) is 2. The molecule has 3 rings (SSSR count). The van der Waals surface area contributed by atoms with Gasteiger partial charge < -0.3 is 10.3 Å². The zero-order valence-corrected chi connectivity index (χ0v) is 10.0. The summed E-state index contributed by atoms with van der Waals surface area (Å²) in [6, 6.07) is 12.3. The van der Waals surface area contributed by atoms with E-state index in [1.54, 1.807) is 6.33 Å². The van der Waals surface area contributed by atoms with Gasteiger partial charge in [-0.05, 0) is 18.6 Å². The van der Waals surface area contributed by atoms with E-state index in [4.69, 9.17) is 0 Å². The van der Waals surface area contributed by atoms with Crippen molar-refractivity contribution >= 4 is 16.9 Å². The highest BCUT2D eigenvalue weighted by atomic mass is 15.0. The highest BCUT2D eigenvalue weighted by Crippen LogP contribution is 2.22. The number of nitrogens with one attached hydrogen (secondary N) is 2. The molecule has 3 aromatic rings. The van der Waals surface area contributed by atoms with Crippen LogP contribution in [0.15, 0.2) is 42.7 Å². The van der Waals surface area contributed by atoms with Crippen molar-refractivity contribution in [2.45, 2.75) is 13.0 Å². The van der Waals surface area contributed by atoms with Gasteiger partial charge in [-0.15, -0.1) is 0 Å². The molecule has 89 valence electrons. The monoisotopic (exact) mass is 237 g/mol. The van der Waals surface area contributed by atoms with Crippen LogP contribution in [0.5, 0.6) is 0 Å². The molecule has 0 aliphatic carbocycles. The minimum atomic E-state index is 0.194. The van der Waals surface area contributed by atoms with Crippen molar-refractivity contribution < 1.29 is 0 Å². The predicted octanol–water partition coefficient (Wildman–Crippen LogP) is 2.93. The van der Waals surface area contributed by atoms with Crippen LogP contribution in [0.3, 0.4) is 0 Å². The molecule has 1 aromatic carbocycles. The zero-order chi connectivity index (χ0) is 12.4. The molecule has 0 saturated heterocycles. The topological polar surface area (TPSA) is 53.6 Å². The van der Waals surface area contributed by atoms with Gasteiger partial charge in [0, 0.05) is 6.04 Å². The second kappa shape index (κ2) is 4.49. The summed E-state index contributed by atoms with van der Waals surface area (Å²) in [5.74, 6) is 0.828.